The quantitative estimate of drug-likeness (QED) is 0.908. The van der Waals surface area contributed by atoms with Crippen LogP contribution in [0.3, 0.4) is 0 Å². The van der Waals surface area contributed by atoms with Crippen molar-refractivity contribution in [3.8, 4) is 5.75 Å². The van der Waals surface area contributed by atoms with Crippen molar-refractivity contribution in [2.75, 3.05) is 36.6 Å². The van der Waals surface area contributed by atoms with Crippen LogP contribution in [0.25, 0.3) is 10.9 Å². The molecule has 0 spiro atoms. The zero-order valence-corrected chi connectivity index (χ0v) is 14.5. The molecule has 124 valence electrons. The lowest BCUT2D eigenvalue weighted by Crippen LogP contribution is -2.46. The predicted octanol–water partition coefficient (Wildman–Crippen LogP) is 2.72. The van der Waals surface area contributed by atoms with Crippen molar-refractivity contribution in [3.63, 3.8) is 0 Å². The van der Waals surface area contributed by atoms with Gasteiger partial charge in [0.05, 0.1) is 12.2 Å². The van der Waals surface area contributed by atoms with Crippen molar-refractivity contribution in [1.29, 1.82) is 0 Å². The fourth-order valence-corrected chi connectivity index (χ4v) is 3.94. The van der Waals surface area contributed by atoms with Crippen LogP contribution in [-0.4, -0.2) is 52.4 Å². The van der Waals surface area contributed by atoms with Gasteiger partial charge in [-0.2, -0.15) is 11.8 Å². The van der Waals surface area contributed by atoms with Gasteiger partial charge in [-0.3, -0.25) is 0 Å². The average molecular weight is 333 g/mol. The molecule has 0 bridgehead atoms. The number of hydrogen-bond donors (Lipinski definition) is 1. The number of benzene rings is 1. The minimum atomic E-state index is -0.546. The van der Waals surface area contributed by atoms with E-state index in [-0.39, 0.29) is 0 Å². The maximum absolute atomic E-state index is 10.6. The third kappa shape index (κ3) is 3.38. The van der Waals surface area contributed by atoms with E-state index in [0.29, 0.717) is 6.61 Å². The lowest BCUT2D eigenvalue weighted by atomic mass is 9.93. The summed E-state index contributed by atoms with van der Waals surface area (Å²) in [6.45, 7) is 4.20. The summed E-state index contributed by atoms with van der Waals surface area (Å²) in [7, 11) is 0. The van der Waals surface area contributed by atoms with Gasteiger partial charge in [-0.15, -0.1) is 0 Å². The molecule has 23 heavy (non-hydrogen) atoms. The SMILES string of the molecule is CCOc1cccc2c(N3CCC(O)(CSC)CC3)ncnc12. The zero-order chi connectivity index (χ0) is 16.3. The molecule has 6 heteroatoms. The molecule has 0 atom stereocenters. The zero-order valence-electron chi connectivity index (χ0n) is 13.7. The van der Waals surface area contributed by atoms with Gasteiger partial charge in [0.25, 0.3) is 0 Å². The minimum absolute atomic E-state index is 0.546. The first kappa shape index (κ1) is 16.3. The molecule has 5 nitrogen and oxygen atoms in total. The Morgan fingerprint density at radius 1 is 1.30 bits per heavy atom. The largest absolute Gasteiger partial charge is 0.492 e. The molecule has 0 radical (unpaired) electrons. The Kier molecular flexibility index (Phi) is 4.92. The second-order valence-electron chi connectivity index (χ2n) is 5.93. The van der Waals surface area contributed by atoms with Crippen molar-refractivity contribution >= 4 is 28.5 Å². The summed E-state index contributed by atoms with van der Waals surface area (Å²) in [5, 5.41) is 11.6. The molecule has 1 N–H and O–H groups in total. The Morgan fingerprint density at radius 2 is 2.09 bits per heavy atom. The van der Waals surface area contributed by atoms with Gasteiger partial charge in [-0.1, -0.05) is 6.07 Å². The third-order valence-electron chi connectivity index (χ3n) is 4.31. The monoisotopic (exact) mass is 333 g/mol. The summed E-state index contributed by atoms with van der Waals surface area (Å²) < 4.78 is 5.67. The highest BCUT2D eigenvalue weighted by Crippen LogP contribution is 2.33. The number of hydrogen-bond acceptors (Lipinski definition) is 6. The maximum atomic E-state index is 10.6. The van der Waals surface area contributed by atoms with Crippen LogP contribution in [0.5, 0.6) is 5.75 Å². The smallest absolute Gasteiger partial charge is 0.145 e. The summed E-state index contributed by atoms with van der Waals surface area (Å²) in [5.41, 5.74) is 0.305. The highest BCUT2D eigenvalue weighted by Gasteiger charge is 2.32. The molecule has 1 fully saturated rings. The van der Waals surface area contributed by atoms with Gasteiger partial charge in [-0.05, 0) is 38.2 Å². The van der Waals surface area contributed by atoms with Gasteiger partial charge >= 0.3 is 0 Å². The summed E-state index contributed by atoms with van der Waals surface area (Å²) >= 11 is 1.70. The predicted molar refractivity (Wildman–Crippen MR) is 95.5 cm³/mol. The highest BCUT2D eigenvalue weighted by atomic mass is 32.2. The Labute approximate surface area is 141 Å². The molecular formula is C17H23N3O2S. The summed E-state index contributed by atoms with van der Waals surface area (Å²) in [4.78, 5) is 11.1. The van der Waals surface area contributed by atoms with Crippen LogP contribution >= 0.6 is 11.8 Å². The molecule has 1 aromatic carbocycles. The molecule has 0 saturated carbocycles. The Bertz CT molecular complexity index is 672. The molecule has 1 aromatic heterocycles. The van der Waals surface area contributed by atoms with E-state index in [9.17, 15) is 5.11 Å². The van der Waals surface area contributed by atoms with Crippen LogP contribution in [0.2, 0.25) is 0 Å². The molecule has 3 rings (SSSR count). The first-order chi connectivity index (χ1) is 11.2. The van der Waals surface area contributed by atoms with E-state index >= 15 is 0 Å². The van der Waals surface area contributed by atoms with Gasteiger partial charge in [0.1, 0.15) is 23.4 Å². The minimum Gasteiger partial charge on any atom is -0.492 e. The maximum Gasteiger partial charge on any atom is 0.145 e. The number of fused-ring (bicyclic) bond motifs is 1. The molecule has 0 unspecified atom stereocenters. The van der Waals surface area contributed by atoms with Crippen molar-refractivity contribution in [1.82, 2.24) is 9.97 Å². The number of anilines is 1. The standard InChI is InChI=1S/C17H23N3O2S/c1-3-22-14-6-4-5-13-15(14)18-12-19-16(13)20-9-7-17(21,8-10-20)11-23-2/h4-6,12,21H,3,7-11H2,1-2H3. The highest BCUT2D eigenvalue weighted by molar-refractivity contribution is 7.98. The number of aliphatic hydroxyl groups is 1. The van der Waals surface area contributed by atoms with E-state index in [0.717, 1.165) is 54.2 Å². The molecule has 2 aromatic rings. The molecule has 1 saturated heterocycles. The molecule has 2 heterocycles. The van der Waals surface area contributed by atoms with Crippen LogP contribution in [0.4, 0.5) is 5.82 Å². The van der Waals surface area contributed by atoms with E-state index in [1.165, 1.54) is 0 Å². The van der Waals surface area contributed by atoms with Gasteiger partial charge in [0.2, 0.25) is 0 Å². The Hall–Kier alpha value is -1.53. The van der Waals surface area contributed by atoms with Crippen LogP contribution < -0.4 is 9.64 Å². The van der Waals surface area contributed by atoms with Crippen molar-refractivity contribution in [3.05, 3.63) is 24.5 Å². The second kappa shape index (κ2) is 6.93. The number of para-hydroxylation sites is 1. The van der Waals surface area contributed by atoms with E-state index < -0.39 is 5.60 Å². The van der Waals surface area contributed by atoms with E-state index in [1.807, 2.05) is 31.4 Å². The number of rotatable bonds is 5. The van der Waals surface area contributed by atoms with Gasteiger partial charge in [-0.25, -0.2) is 9.97 Å². The van der Waals surface area contributed by atoms with Crippen LogP contribution in [0.1, 0.15) is 19.8 Å². The number of piperidine rings is 1. The first-order valence-corrected chi connectivity index (χ1v) is 9.39. The normalized spacial score (nSPS) is 17.4. The topological polar surface area (TPSA) is 58.5 Å². The van der Waals surface area contributed by atoms with E-state index in [2.05, 4.69) is 14.9 Å². The number of thioether (sulfide) groups is 1. The van der Waals surface area contributed by atoms with Crippen LogP contribution in [0.15, 0.2) is 24.5 Å². The van der Waals surface area contributed by atoms with Crippen LogP contribution in [0, 0.1) is 0 Å². The fraction of sp³-hybridized carbons (Fsp3) is 0.529. The van der Waals surface area contributed by atoms with E-state index in [1.54, 1.807) is 18.1 Å². The van der Waals surface area contributed by atoms with E-state index in [4.69, 9.17) is 4.74 Å². The second-order valence-corrected chi connectivity index (χ2v) is 6.79. The van der Waals surface area contributed by atoms with Crippen molar-refractivity contribution < 1.29 is 9.84 Å². The summed E-state index contributed by atoms with van der Waals surface area (Å²) in [6, 6.07) is 5.96. The fourth-order valence-electron chi connectivity index (χ4n) is 3.12. The average Bonchev–Trinajstić information content (AvgIpc) is 2.56. The molecule has 0 aliphatic carbocycles. The van der Waals surface area contributed by atoms with Gasteiger partial charge < -0.3 is 14.7 Å². The number of ether oxygens (including phenoxy) is 1. The number of aromatic nitrogens is 2. The molecule has 0 amide bonds. The summed E-state index contributed by atoms with van der Waals surface area (Å²) in [5.74, 6) is 2.52. The molecule has 1 aliphatic rings. The lowest BCUT2D eigenvalue weighted by molar-refractivity contribution is 0.0400. The van der Waals surface area contributed by atoms with Crippen molar-refractivity contribution in [2.24, 2.45) is 0 Å². The Morgan fingerprint density at radius 3 is 2.78 bits per heavy atom. The van der Waals surface area contributed by atoms with Crippen molar-refractivity contribution in [2.45, 2.75) is 25.4 Å². The lowest BCUT2D eigenvalue weighted by Gasteiger charge is -2.38. The summed E-state index contributed by atoms with van der Waals surface area (Å²) in [6.07, 6.45) is 5.18. The first-order valence-electron chi connectivity index (χ1n) is 7.99. The van der Waals surface area contributed by atoms with Crippen LogP contribution in [-0.2, 0) is 0 Å². The molecule has 1 aliphatic heterocycles. The molecular weight excluding hydrogens is 310 g/mol. The Balaban J connectivity index is 1.88. The van der Waals surface area contributed by atoms with Gasteiger partial charge in [0, 0.05) is 24.2 Å². The number of nitrogens with zero attached hydrogens (tertiary/aromatic N) is 3. The van der Waals surface area contributed by atoms with Gasteiger partial charge in [0.15, 0.2) is 0 Å². The third-order valence-corrected chi connectivity index (χ3v) is 5.14.